The number of aromatic nitrogens is 2. The second-order valence-electron chi connectivity index (χ2n) is 4.93. The third-order valence-corrected chi connectivity index (χ3v) is 3.23. The molecule has 3 heterocycles. The number of hydrogen-bond donors (Lipinski definition) is 5. The number of epoxide rings is 1. The summed E-state index contributed by atoms with van der Waals surface area (Å²) in [6.45, 7) is 0.278. The highest BCUT2D eigenvalue weighted by Crippen LogP contribution is 2.25. The molecule has 1 aromatic rings. The van der Waals surface area contributed by atoms with Gasteiger partial charge in [0.15, 0.2) is 0 Å². The number of ether oxygens (including phenoxy) is 1. The monoisotopic (exact) mass is 334 g/mol. The number of carbonyl (C=O) groups is 3. The van der Waals surface area contributed by atoms with Crippen LogP contribution in [0.25, 0.3) is 6.08 Å². The van der Waals surface area contributed by atoms with E-state index in [4.69, 9.17) is 4.74 Å². The molecule has 0 radical (unpaired) electrons. The summed E-state index contributed by atoms with van der Waals surface area (Å²) in [6.07, 6.45) is 1.81. The standard InChI is InChI=1S/C13H10N4O7/c18-8-5(9(19)15-12(22)14-8)1-4(7-3-24-7)2-6-10(20)16-13(23)17-11(6)21/h1-2,7H,3H2,(H2,14,15,18,19,22)(H3,16,17,20,21,23)/b4-2-. The van der Waals surface area contributed by atoms with Gasteiger partial charge in [0.2, 0.25) is 5.88 Å². The van der Waals surface area contributed by atoms with E-state index in [2.05, 4.69) is 0 Å². The normalized spacial score (nSPS) is 20.5. The lowest BCUT2D eigenvalue weighted by Crippen LogP contribution is -2.51. The molecule has 124 valence electrons. The summed E-state index contributed by atoms with van der Waals surface area (Å²) in [6, 6.07) is -0.940. The highest BCUT2D eigenvalue weighted by atomic mass is 16.6. The molecule has 11 nitrogen and oxygen atoms in total. The maximum atomic E-state index is 11.8. The molecule has 2 saturated heterocycles. The number of amides is 4. The Kier molecular flexibility index (Phi) is 3.62. The molecule has 3 rings (SSSR count). The molecule has 24 heavy (non-hydrogen) atoms. The fourth-order valence-electron chi connectivity index (χ4n) is 2.03. The summed E-state index contributed by atoms with van der Waals surface area (Å²) < 4.78 is 5.07. The zero-order valence-corrected chi connectivity index (χ0v) is 11.8. The van der Waals surface area contributed by atoms with Crippen LogP contribution in [0.2, 0.25) is 0 Å². The van der Waals surface area contributed by atoms with Crippen LogP contribution in [0, 0.1) is 0 Å². The van der Waals surface area contributed by atoms with E-state index in [1.165, 1.54) is 6.08 Å². The summed E-state index contributed by atoms with van der Waals surface area (Å²) in [5.74, 6) is -2.49. The molecule has 0 bridgehead atoms. The summed E-state index contributed by atoms with van der Waals surface area (Å²) in [4.78, 5) is 61.3. The van der Waals surface area contributed by atoms with Gasteiger partial charge in [0.05, 0.1) is 6.61 Å². The number of aromatic amines is 2. The molecule has 0 saturated carbocycles. The molecule has 2 aliphatic rings. The molecule has 0 aliphatic carbocycles. The highest BCUT2D eigenvalue weighted by molar-refractivity contribution is 6.29. The lowest BCUT2D eigenvalue weighted by atomic mass is 10.0. The summed E-state index contributed by atoms with van der Waals surface area (Å²) in [7, 11) is 0. The van der Waals surface area contributed by atoms with Crippen molar-refractivity contribution in [1.82, 2.24) is 20.6 Å². The van der Waals surface area contributed by atoms with Gasteiger partial charge in [0.25, 0.3) is 17.4 Å². The Balaban J connectivity index is 2.06. The van der Waals surface area contributed by atoms with E-state index < -0.39 is 41.1 Å². The van der Waals surface area contributed by atoms with Crippen molar-refractivity contribution in [3.8, 4) is 5.88 Å². The Hall–Kier alpha value is -3.47. The van der Waals surface area contributed by atoms with E-state index in [-0.39, 0.29) is 23.3 Å². The number of barbiturate groups is 1. The molecule has 2 fully saturated rings. The molecule has 5 N–H and O–H groups in total. The van der Waals surface area contributed by atoms with Crippen molar-refractivity contribution in [1.29, 1.82) is 0 Å². The zero-order chi connectivity index (χ0) is 17.4. The van der Waals surface area contributed by atoms with Gasteiger partial charge >= 0.3 is 11.7 Å². The smallest absolute Gasteiger partial charge is 0.328 e. The SMILES string of the molecule is O=C1NC(=O)C(=C/C(=C/c2c(O)[nH]c(=O)[nH]c2=O)C2CO2)C(=O)N1. The van der Waals surface area contributed by atoms with Gasteiger partial charge in [-0.2, -0.15) is 0 Å². The predicted molar refractivity (Wildman–Crippen MR) is 76.8 cm³/mol. The highest BCUT2D eigenvalue weighted by Gasteiger charge is 2.32. The van der Waals surface area contributed by atoms with Crippen LogP contribution in [0.3, 0.4) is 0 Å². The Morgan fingerprint density at radius 1 is 1.08 bits per heavy atom. The number of carbonyl (C=O) groups excluding carboxylic acids is 3. The fourth-order valence-corrected chi connectivity index (χ4v) is 2.03. The van der Waals surface area contributed by atoms with Gasteiger partial charge < -0.3 is 9.84 Å². The van der Waals surface area contributed by atoms with Gasteiger partial charge in [0, 0.05) is 0 Å². The van der Waals surface area contributed by atoms with Crippen molar-refractivity contribution in [3.05, 3.63) is 43.6 Å². The minimum Gasteiger partial charge on any atom is -0.494 e. The average Bonchev–Trinajstić information content (AvgIpc) is 3.28. The van der Waals surface area contributed by atoms with E-state index in [9.17, 15) is 29.1 Å². The fraction of sp³-hybridized carbons (Fsp3) is 0.154. The van der Waals surface area contributed by atoms with Crippen LogP contribution in [-0.2, 0) is 14.3 Å². The Morgan fingerprint density at radius 3 is 2.25 bits per heavy atom. The topological polar surface area (TPSA) is 174 Å². The average molecular weight is 334 g/mol. The first kappa shape index (κ1) is 15.4. The number of imide groups is 2. The quantitative estimate of drug-likeness (QED) is 0.238. The molecule has 0 spiro atoms. The Bertz CT molecular complexity index is 910. The van der Waals surface area contributed by atoms with Crippen LogP contribution < -0.4 is 21.9 Å². The van der Waals surface area contributed by atoms with Gasteiger partial charge in [-0.05, 0) is 17.7 Å². The third kappa shape index (κ3) is 3.01. The summed E-state index contributed by atoms with van der Waals surface area (Å²) in [5.41, 5.74) is -2.15. The molecule has 2 aliphatic heterocycles. The number of aromatic hydroxyl groups is 1. The lowest BCUT2D eigenvalue weighted by molar-refractivity contribution is -0.124. The molecule has 1 unspecified atom stereocenters. The van der Waals surface area contributed by atoms with Crippen LogP contribution in [-0.4, -0.2) is 45.6 Å². The molecule has 11 heteroatoms. The van der Waals surface area contributed by atoms with E-state index in [0.717, 1.165) is 6.08 Å². The van der Waals surface area contributed by atoms with Crippen molar-refractivity contribution < 1.29 is 24.2 Å². The maximum absolute atomic E-state index is 11.8. The maximum Gasteiger partial charge on any atom is 0.328 e. The number of H-pyrrole nitrogens is 2. The minimum absolute atomic E-state index is 0.234. The van der Waals surface area contributed by atoms with E-state index in [1.54, 1.807) is 0 Å². The van der Waals surface area contributed by atoms with E-state index in [1.807, 2.05) is 20.6 Å². The number of rotatable bonds is 3. The first-order chi connectivity index (χ1) is 11.3. The molecule has 1 aromatic heterocycles. The third-order valence-electron chi connectivity index (χ3n) is 3.23. The van der Waals surface area contributed by atoms with Crippen LogP contribution in [0.15, 0.2) is 26.8 Å². The largest absolute Gasteiger partial charge is 0.494 e. The second kappa shape index (κ2) is 5.62. The van der Waals surface area contributed by atoms with Crippen LogP contribution >= 0.6 is 0 Å². The molecular formula is C13H10N4O7. The first-order valence-electron chi connectivity index (χ1n) is 6.62. The van der Waals surface area contributed by atoms with Gasteiger partial charge in [-0.3, -0.25) is 35.0 Å². The Morgan fingerprint density at radius 2 is 1.71 bits per heavy atom. The van der Waals surface area contributed by atoms with Crippen molar-refractivity contribution in [3.63, 3.8) is 0 Å². The first-order valence-corrected chi connectivity index (χ1v) is 6.62. The molecule has 1 atom stereocenters. The van der Waals surface area contributed by atoms with Crippen LogP contribution in [0.1, 0.15) is 5.56 Å². The summed E-state index contributed by atoms with van der Waals surface area (Å²) >= 11 is 0. The molecular weight excluding hydrogens is 324 g/mol. The van der Waals surface area contributed by atoms with Crippen molar-refractivity contribution in [2.24, 2.45) is 0 Å². The van der Waals surface area contributed by atoms with Gasteiger partial charge in [-0.1, -0.05) is 0 Å². The van der Waals surface area contributed by atoms with Crippen LogP contribution in [0.5, 0.6) is 5.88 Å². The number of hydrogen-bond acceptors (Lipinski definition) is 7. The lowest BCUT2D eigenvalue weighted by Gasteiger charge is -2.14. The van der Waals surface area contributed by atoms with Gasteiger partial charge in [-0.25, -0.2) is 9.59 Å². The van der Waals surface area contributed by atoms with Crippen LogP contribution in [0.4, 0.5) is 4.79 Å². The predicted octanol–water partition coefficient (Wildman–Crippen LogP) is -2.16. The van der Waals surface area contributed by atoms with Crippen molar-refractivity contribution >= 4 is 23.9 Å². The van der Waals surface area contributed by atoms with E-state index in [0.29, 0.717) is 0 Å². The zero-order valence-electron chi connectivity index (χ0n) is 11.8. The molecule has 4 amide bonds. The van der Waals surface area contributed by atoms with Gasteiger partial charge in [-0.15, -0.1) is 0 Å². The minimum atomic E-state index is -0.940. The summed E-state index contributed by atoms with van der Waals surface area (Å²) in [5, 5.41) is 13.5. The molecule has 0 aromatic carbocycles. The van der Waals surface area contributed by atoms with Gasteiger partial charge in [0.1, 0.15) is 17.2 Å². The van der Waals surface area contributed by atoms with Crippen molar-refractivity contribution in [2.75, 3.05) is 6.61 Å². The van der Waals surface area contributed by atoms with Crippen molar-refractivity contribution in [2.45, 2.75) is 6.10 Å². The number of urea groups is 1. The van der Waals surface area contributed by atoms with E-state index >= 15 is 0 Å². The Labute approximate surface area is 132 Å². The number of nitrogens with one attached hydrogen (secondary N) is 4. The second-order valence-corrected chi connectivity index (χ2v) is 4.93.